The molecule has 26 heavy (non-hydrogen) atoms. The van der Waals surface area contributed by atoms with Crippen LogP contribution in [0.25, 0.3) is 10.9 Å². The van der Waals surface area contributed by atoms with Crippen LogP contribution >= 0.6 is 0 Å². The van der Waals surface area contributed by atoms with Crippen LogP contribution in [0.1, 0.15) is 19.2 Å². The first-order valence-electron chi connectivity index (χ1n) is 8.17. The Balaban J connectivity index is 1.76. The van der Waals surface area contributed by atoms with E-state index >= 15 is 0 Å². The Hall–Kier alpha value is -2.96. The zero-order chi connectivity index (χ0) is 18.5. The fourth-order valence-corrected chi connectivity index (χ4v) is 2.54. The summed E-state index contributed by atoms with van der Waals surface area (Å²) in [5.41, 5.74) is 0.471. The summed E-state index contributed by atoms with van der Waals surface area (Å²) in [5, 5.41) is 3.77. The van der Waals surface area contributed by atoms with Gasteiger partial charge in [0.1, 0.15) is 11.9 Å². The lowest BCUT2D eigenvalue weighted by Gasteiger charge is -2.18. The third-order valence-corrected chi connectivity index (χ3v) is 3.77. The molecule has 5 nitrogen and oxygen atoms in total. The van der Waals surface area contributed by atoms with Gasteiger partial charge < -0.3 is 14.8 Å². The summed E-state index contributed by atoms with van der Waals surface area (Å²) in [7, 11) is 1.57. The van der Waals surface area contributed by atoms with E-state index in [1.165, 1.54) is 0 Å². The molecule has 0 aliphatic rings. The van der Waals surface area contributed by atoms with Crippen LogP contribution in [0.4, 0.5) is 14.6 Å². The second kappa shape index (κ2) is 7.95. The molecule has 2 aromatic carbocycles. The second-order valence-corrected chi connectivity index (χ2v) is 5.71. The lowest BCUT2D eigenvalue weighted by Crippen LogP contribution is -2.23. The minimum absolute atomic E-state index is 0.241. The van der Waals surface area contributed by atoms with E-state index in [0.29, 0.717) is 34.8 Å². The molecule has 3 aromatic rings. The maximum Gasteiger partial charge on any atom is 0.297 e. The van der Waals surface area contributed by atoms with Crippen molar-refractivity contribution in [1.82, 2.24) is 9.97 Å². The van der Waals surface area contributed by atoms with Gasteiger partial charge in [-0.15, -0.1) is 0 Å². The quantitative estimate of drug-likeness (QED) is 0.675. The van der Waals surface area contributed by atoms with Crippen molar-refractivity contribution >= 4 is 16.7 Å². The van der Waals surface area contributed by atoms with Crippen LogP contribution in [-0.4, -0.2) is 29.7 Å². The van der Waals surface area contributed by atoms with Crippen molar-refractivity contribution < 1.29 is 18.3 Å². The Kier molecular flexibility index (Phi) is 5.46. The second-order valence-electron chi connectivity index (χ2n) is 5.71. The van der Waals surface area contributed by atoms with E-state index in [1.54, 1.807) is 25.3 Å². The van der Waals surface area contributed by atoms with Crippen LogP contribution < -0.4 is 14.8 Å². The highest BCUT2D eigenvalue weighted by Gasteiger charge is 2.16. The summed E-state index contributed by atoms with van der Waals surface area (Å²) in [6.07, 6.45) is -2.97. The lowest BCUT2D eigenvalue weighted by atomic mass is 10.2. The summed E-state index contributed by atoms with van der Waals surface area (Å²) >= 11 is 0. The van der Waals surface area contributed by atoms with Gasteiger partial charge in [0.25, 0.3) is 6.43 Å². The molecule has 0 fully saturated rings. The van der Waals surface area contributed by atoms with Gasteiger partial charge in [-0.1, -0.05) is 24.3 Å². The first-order valence-corrected chi connectivity index (χ1v) is 8.17. The number of rotatable bonds is 7. The summed E-state index contributed by atoms with van der Waals surface area (Å²) in [5.74, 6) is 1.11. The van der Waals surface area contributed by atoms with E-state index in [4.69, 9.17) is 9.47 Å². The Morgan fingerprint density at radius 2 is 1.69 bits per heavy atom. The first-order chi connectivity index (χ1) is 12.6. The Labute approximate surface area is 150 Å². The summed E-state index contributed by atoms with van der Waals surface area (Å²) in [4.78, 5) is 7.86. The largest absolute Gasteiger partial charge is 0.493 e. The van der Waals surface area contributed by atoms with Crippen LogP contribution in [0.15, 0.2) is 48.5 Å². The zero-order valence-corrected chi connectivity index (χ0v) is 14.4. The van der Waals surface area contributed by atoms with Crippen molar-refractivity contribution in [2.24, 2.45) is 0 Å². The van der Waals surface area contributed by atoms with Gasteiger partial charge in [0.05, 0.1) is 19.2 Å². The molecular formula is C19H19F2N3O2. The summed E-state index contributed by atoms with van der Waals surface area (Å²) in [6, 6.07) is 14.4. The highest BCUT2D eigenvalue weighted by molar-refractivity contribution is 5.89. The zero-order valence-electron chi connectivity index (χ0n) is 14.4. The van der Waals surface area contributed by atoms with Gasteiger partial charge >= 0.3 is 0 Å². The number of nitrogens with one attached hydrogen (secondary N) is 1. The fourth-order valence-electron chi connectivity index (χ4n) is 2.54. The van der Waals surface area contributed by atoms with Gasteiger partial charge in [0.15, 0.2) is 17.3 Å². The number of nitrogens with zero attached hydrogens (tertiary/aromatic N) is 2. The maximum absolute atomic E-state index is 13.1. The van der Waals surface area contributed by atoms with E-state index in [9.17, 15) is 8.78 Å². The summed E-state index contributed by atoms with van der Waals surface area (Å²) in [6.45, 7) is 2.25. The van der Waals surface area contributed by atoms with Crippen molar-refractivity contribution in [3.8, 4) is 11.5 Å². The molecule has 136 valence electrons. The topological polar surface area (TPSA) is 56.3 Å². The number of para-hydroxylation sites is 3. The van der Waals surface area contributed by atoms with Crippen molar-refractivity contribution in [2.45, 2.75) is 19.5 Å². The van der Waals surface area contributed by atoms with Gasteiger partial charge in [-0.25, -0.2) is 18.7 Å². The number of hydrogen-bond donors (Lipinski definition) is 1. The Morgan fingerprint density at radius 3 is 2.42 bits per heavy atom. The van der Waals surface area contributed by atoms with E-state index in [2.05, 4.69) is 15.3 Å². The molecule has 0 amide bonds. The highest BCUT2D eigenvalue weighted by atomic mass is 19.3. The molecule has 1 heterocycles. The molecule has 0 radical (unpaired) electrons. The molecule has 1 atom stereocenters. The van der Waals surface area contributed by atoms with Gasteiger partial charge in [-0.2, -0.15) is 0 Å². The van der Waals surface area contributed by atoms with Crippen LogP contribution in [0.3, 0.4) is 0 Å². The fraction of sp³-hybridized carbons (Fsp3) is 0.263. The molecule has 0 saturated carbocycles. The SMILES string of the molecule is COc1ccccc1OC(C)CNc1nc(C(F)F)nc2ccccc12. The minimum atomic E-state index is -2.73. The third-order valence-electron chi connectivity index (χ3n) is 3.77. The third kappa shape index (κ3) is 3.99. The van der Waals surface area contributed by atoms with Crippen molar-refractivity contribution in [3.05, 3.63) is 54.4 Å². The number of hydrogen-bond acceptors (Lipinski definition) is 5. The number of aromatic nitrogens is 2. The van der Waals surface area contributed by atoms with E-state index in [-0.39, 0.29) is 6.10 Å². The predicted molar refractivity (Wildman–Crippen MR) is 96.1 cm³/mol. The number of halogens is 2. The molecule has 0 saturated heterocycles. The van der Waals surface area contributed by atoms with Crippen molar-refractivity contribution in [3.63, 3.8) is 0 Å². The first kappa shape index (κ1) is 17.8. The molecule has 0 aliphatic heterocycles. The van der Waals surface area contributed by atoms with Crippen LogP contribution in [0.2, 0.25) is 0 Å². The highest BCUT2D eigenvalue weighted by Crippen LogP contribution is 2.27. The van der Waals surface area contributed by atoms with E-state index < -0.39 is 12.2 Å². The molecule has 3 rings (SSSR count). The predicted octanol–water partition coefficient (Wildman–Crippen LogP) is 4.46. The van der Waals surface area contributed by atoms with Crippen molar-refractivity contribution in [2.75, 3.05) is 19.0 Å². The molecule has 0 spiro atoms. The average Bonchev–Trinajstić information content (AvgIpc) is 2.66. The van der Waals surface area contributed by atoms with Crippen molar-refractivity contribution in [1.29, 1.82) is 0 Å². The Morgan fingerprint density at radius 1 is 1.00 bits per heavy atom. The number of anilines is 1. The molecule has 0 aliphatic carbocycles. The van der Waals surface area contributed by atoms with Gasteiger partial charge in [0.2, 0.25) is 0 Å². The van der Waals surface area contributed by atoms with E-state index in [1.807, 2.05) is 37.3 Å². The molecule has 1 aromatic heterocycles. The molecule has 7 heteroatoms. The van der Waals surface area contributed by atoms with Gasteiger partial charge in [0, 0.05) is 5.39 Å². The molecule has 0 bridgehead atoms. The number of ether oxygens (including phenoxy) is 2. The normalized spacial score (nSPS) is 12.2. The minimum Gasteiger partial charge on any atom is -0.493 e. The number of alkyl halides is 2. The lowest BCUT2D eigenvalue weighted by molar-refractivity contribution is 0.141. The maximum atomic E-state index is 13.1. The molecule has 1 unspecified atom stereocenters. The van der Waals surface area contributed by atoms with Crippen LogP contribution in [0.5, 0.6) is 11.5 Å². The van der Waals surface area contributed by atoms with Gasteiger partial charge in [-0.3, -0.25) is 0 Å². The number of methoxy groups -OCH3 is 1. The van der Waals surface area contributed by atoms with Crippen LogP contribution in [-0.2, 0) is 0 Å². The average molecular weight is 359 g/mol. The number of benzene rings is 2. The summed E-state index contributed by atoms with van der Waals surface area (Å²) < 4.78 is 37.2. The smallest absolute Gasteiger partial charge is 0.297 e. The van der Waals surface area contributed by atoms with Gasteiger partial charge in [-0.05, 0) is 31.2 Å². The van der Waals surface area contributed by atoms with Crippen LogP contribution in [0, 0.1) is 0 Å². The number of fused-ring (bicyclic) bond motifs is 1. The standard InChI is InChI=1S/C19H19F2N3O2/c1-12(26-16-10-6-5-9-15(16)25-2)11-22-18-13-7-3-4-8-14(13)23-19(24-18)17(20)21/h3-10,12,17H,11H2,1-2H3,(H,22,23,24). The molecular weight excluding hydrogens is 340 g/mol. The van der Waals surface area contributed by atoms with E-state index in [0.717, 1.165) is 0 Å². The Bertz CT molecular complexity index is 890. The molecule has 1 N–H and O–H groups in total. The monoisotopic (exact) mass is 359 g/mol.